The van der Waals surface area contributed by atoms with E-state index in [1.54, 1.807) is 0 Å². The molecule has 1 aromatic rings. The number of pyridine rings is 1. The highest BCUT2D eigenvalue weighted by Crippen LogP contribution is 2.34. The van der Waals surface area contributed by atoms with Gasteiger partial charge < -0.3 is 4.43 Å². The van der Waals surface area contributed by atoms with Crippen LogP contribution in [0.4, 0.5) is 13.2 Å². The first-order chi connectivity index (χ1) is 10.7. The Kier molecular flexibility index (Phi) is 7.26. The van der Waals surface area contributed by atoms with Gasteiger partial charge in [-0.2, -0.15) is 13.2 Å². The lowest BCUT2D eigenvalue weighted by Crippen LogP contribution is -2.37. The van der Waals surface area contributed by atoms with Crippen molar-refractivity contribution in [1.82, 2.24) is 4.98 Å². The Morgan fingerprint density at radius 3 is 2.13 bits per heavy atom. The van der Waals surface area contributed by atoms with Gasteiger partial charge in [0.15, 0.2) is 8.32 Å². The molecule has 132 valence electrons. The number of aromatic nitrogens is 1. The maximum Gasteiger partial charge on any atom is 0.417 e. The van der Waals surface area contributed by atoms with E-state index in [2.05, 4.69) is 25.8 Å². The van der Waals surface area contributed by atoms with Gasteiger partial charge >= 0.3 is 6.18 Å². The van der Waals surface area contributed by atoms with E-state index in [9.17, 15) is 13.2 Å². The van der Waals surface area contributed by atoms with Crippen molar-refractivity contribution < 1.29 is 17.6 Å². The van der Waals surface area contributed by atoms with E-state index >= 15 is 0 Å². The lowest BCUT2D eigenvalue weighted by atomic mass is 10.0. The normalized spacial score (nSPS) is 14.1. The number of rotatable bonds is 8. The van der Waals surface area contributed by atoms with Gasteiger partial charge in [0, 0.05) is 6.20 Å². The van der Waals surface area contributed by atoms with Crippen molar-refractivity contribution in [3.05, 3.63) is 29.1 Å². The van der Waals surface area contributed by atoms with Gasteiger partial charge in [0.1, 0.15) is 0 Å². The maximum absolute atomic E-state index is 12.9. The summed E-state index contributed by atoms with van der Waals surface area (Å²) >= 11 is 0. The molecular formula is C17H28F3NOSi. The molecule has 23 heavy (non-hydrogen) atoms. The van der Waals surface area contributed by atoms with Crippen LogP contribution in [-0.4, -0.2) is 13.3 Å². The number of alkyl halides is 3. The van der Waals surface area contributed by atoms with Crippen LogP contribution in [0.2, 0.25) is 18.1 Å². The van der Waals surface area contributed by atoms with E-state index in [0.717, 1.165) is 30.7 Å². The van der Waals surface area contributed by atoms with Gasteiger partial charge in [-0.1, -0.05) is 34.1 Å². The first-order valence-corrected chi connectivity index (χ1v) is 11.0. The average molecular weight is 347 g/mol. The minimum absolute atomic E-state index is 0.259. The van der Waals surface area contributed by atoms with Crippen LogP contribution in [0.3, 0.4) is 0 Å². The lowest BCUT2D eigenvalue weighted by molar-refractivity contribution is -0.137. The monoisotopic (exact) mass is 347 g/mol. The second-order valence-corrected chi connectivity index (χ2v) is 10.7. The molecule has 2 nitrogen and oxygen atoms in total. The first-order valence-electron chi connectivity index (χ1n) is 8.46. The van der Waals surface area contributed by atoms with E-state index in [0.29, 0.717) is 17.7 Å². The molecule has 0 amide bonds. The molecule has 0 saturated carbocycles. The maximum atomic E-state index is 12.9. The molecule has 0 aliphatic carbocycles. The molecule has 6 heteroatoms. The SMILES string of the molecule is CCCc1cc(C(F)(F)F)cnc1C(C)O[Si](CC)(CC)CC. The van der Waals surface area contributed by atoms with Gasteiger partial charge in [-0.3, -0.25) is 4.98 Å². The van der Waals surface area contributed by atoms with Gasteiger partial charge in [0.25, 0.3) is 0 Å². The third-order valence-electron chi connectivity index (χ3n) is 4.59. The Hall–Kier alpha value is -0.883. The molecule has 0 spiro atoms. The zero-order chi connectivity index (χ0) is 17.7. The van der Waals surface area contributed by atoms with Gasteiger partial charge in [0.05, 0.1) is 17.4 Å². The van der Waals surface area contributed by atoms with Crippen LogP contribution in [-0.2, 0) is 17.0 Å². The van der Waals surface area contributed by atoms with Crippen LogP contribution in [0, 0.1) is 0 Å². The number of hydrogen-bond donors (Lipinski definition) is 0. The highest BCUT2D eigenvalue weighted by Gasteiger charge is 2.34. The fraction of sp³-hybridized carbons (Fsp3) is 0.706. The highest BCUT2D eigenvalue weighted by molar-refractivity contribution is 6.73. The second kappa shape index (κ2) is 8.28. The molecule has 1 unspecified atom stereocenters. The van der Waals surface area contributed by atoms with Crippen molar-refractivity contribution >= 4 is 8.32 Å². The molecule has 0 bridgehead atoms. The average Bonchev–Trinajstić information content (AvgIpc) is 2.52. The Morgan fingerprint density at radius 1 is 1.13 bits per heavy atom. The van der Waals surface area contributed by atoms with Crippen molar-refractivity contribution in [3.63, 3.8) is 0 Å². The molecule has 1 rings (SSSR count). The molecule has 0 N–H and O–H groups in total. The molecule has 0 aromatic carbocycles. The summed E-state index contributed by atoms with van der Waals surface area (Å²) in [7, 11) is -1.82. The fourth-order valence-corrected chi connectivity index (χ4v) is 5.80. The molecule has 0 aliphatic rings. The molecule has 0 aliphatic heterocycles. The Morgan fingerprint density at radius 2 is 1.70 bits per heavy atom. The molecule has 0 saturated heterocycles. The molecule has 1 atom stereocenters. The summed E-state index contributed by atoms with van der Waals surface area (Å²) in [6.07, 6.45) is -2.32. The van der Waals surface area contributed by atoms with Gasteiger partial charge in [-0.25, -0.2) is 0 Å². The molecule has 1 heterocycles. The summed E-state index contributed by atoms with van der Waals surface area (Å²) in [5.74, 6) is 0. The predicted molar refractivity (Wildman–Crippen MR) is 89.9 cm³/mol. The number of aryl methyl sites for hydroxylation is 1. The van der Waals surface area contributed by atoms with Crippen molar-refractivity contribution in [3.8, 4) is 0 Å². The smallest absolute Gasteiger partial charge is 0.409 e. The van der Waals surface area contributed by atoms with Gasteiger partial charge in [-0.05, 0) is 43.1 Å². The lowest BCUT2D eigenvalue weighted by Gasteiger charge is -2.32. The van der Waals surface area contributed by atoms with Crippen LogP contribution in [0.15, 0.2) is 12.3 Å². The standard InChI is InChI=1S/C17H28F3NOSi/c1-6-10-14-11-15(17(18,19)20)12-21-16(14)13(5)22-23(7-2,8-3)9-4/h11-13H,6-10H2,1-5H3. The number of hydrogen-bond acceptors (Lipinski definition) is 2. The summed E-state index contributed by atoms with van der Waals surface area (Å²) in [5.41, 5.74) is 0.634. The van der Waals surface area contributed by atoms with Crippen LogP contribution < -0.4 is 0 Å². The van der Waals surface area contributed by atoms with Crippen molar-refractivity contribution in [2.24, 2.45) is 0 Å². The van der Waals surface area contributed by atoms with Gasteiger partial charge in [-0.15, -0.1) is 0 Å². The van der Waals surface area contributed by atoms with Gasteiger partial charge in [0.2, 0.25) is 0 Å². The minimum atomic E-state index is -4.35. The fourth-order valence-electron chi connectivity index (χ4n) is 2.94. The third-order valence-corrected chi connectivity index (χ3v) is 9.31. The Labute approximate surface area is 138 Å². The third kappa shape index (κ3) is 5.04. The van der Waals surface area contributed by atoms with E-state index in [-0.39, 0.29) is 6.10 Å². The predicted octanol–water partition coefficient (Wildman–Crippen LogP) is 6.14. The van der Waals surface area contributed by atoms with Crippen molar-refractivity contribution in [2.75, 3.05) is 0 Å². The summed E-state index contributed by atoms with van der Waals surface area (Å²) in [4.78, 5) is 4.13. The summed E-state index contributed by atoms with van der Waals surface area (Å²) in [6.45, 7) is 10.3. The van der Waals surface area contributed by atoms with Crippen molar-refractivity contribution in [2.45, 2.75) is 77.9 Å². The van der Waals surface area contributed by atoms with E-state index in [1.807, 2.05) is 13.8 Å². The van der Waals surface area contributed by atoms with E-state index < -0.39 is 20.1 Å². The Balaban J connectivity index is 3.15. The summed E-state index contributed by atoms with van der Waals surface area (Å²) < 4.78 is 45.1. The quantitative estimate of drug-likeness (QED) is 0.527. The van der Waals surface area contributed by atoms with Crippen LogP contribution in [0.25, 0.3) is 0 Å². The van der Waals surface area contributed by atoms with Crippen LogP contribution in [0.5, 0.6) is 0 Å². The molecular weight excluding hydrogens is 319 g/mol. The highest BCUT2D eigenvalue weighted by atomic mass is 28.4. The number of halogens is 3. The van der Waals surface area contributed by atoms with Crippen LogP contribution >= 0.6 is 0 Å². The summed E-state index contributed by atoms with van der Waals surface area (Å²) in [5, 5.41) is 0. The summed E-state index contributed by atoms with van der Waals surface area (Å²) in [6, 6.07) is 4.26. The largest absolute Gasteiger partial charge is 0.417 e. The Bertz CT molecular complexity index is 493. The second-order valence-electron chi connectivity index (χ2n) is 6.02. The molecule has 1 aromatic heterocycles. The van der Waals surface area contributed by atoms with Crippen LogP contribution in [0.1, 0.15) is 64.0 Å². The number of nitrogens with zero attached hydrogens (tertiary/aromatic N) is 1. The first kappa shape index (κ1) is 20.2. The minimum Gasteiger partial charge on any atom is -0.409 e. The topological polar surface area (TPSA) is 22.1 Å². The van der Waals surface area contributed by atoms with E-state index in [1.165, 1.54) is 6.07 Å². The zero-order valence-corrected chi connectivity index (χ0v) is 15.8. The van der Waals surface area contributed by atoms with E-state index in [4.69, 9.17) is 4.43 Å². The molecule has 0 fully saturated rings. The molecule has 0 radical (unpaired) electrons. The van der Waals surface area contributed by atoms with Crippen molar-refractivity contribution in [1.29, 1.82) is 0 Å². The zero-order valence-electron chi connectivity index (χ0n) is 14.8.